The molecule has 0 spiro atoms. The number of aryl methyl sites for hydroxylation is 2. The van der Waals surface area contributed by atoms with Crippen molar-refractivity contribution in [1.82, 2.24) is 4.90 Å². The van der Waals surface area contributed by atoms with E-state index in [0.29, 0.717) is 6.10 Å². The van der Waals surface area contributed by atoms with Crippen LogP contribution in [0.15, 0.2) is 77.6 Å². The van der Waals surface area contributed by atoms with Crippen LogP contribution < -0.4 is 0 Å². The van der Waals surface area contributed by atoms with Crippen LogP contribution in [0.4, 0.5) is 0 Å². The van der Waals surface area contributed by atoms with E-state index in [9.17, 15) is 0 Å². The number of hydrogen-bond acceptors (Lipinski definition) is 4. The first-order valence-corrected chi connectivity index (χ1v) is 14.1. The van der Waals surface area contributed by atoms with E-state index < -0.39 is 0 Å². The smallest absolute Gasteiger partial charge is 0.0902 e. The molecule has 0 radical (unpaired) electrons. The summed E-state index contributed by atoms with van der Waals surface area (Å²) in [6.07, 6.45) is 13.9. The Kier molecular flexibility index (Phi) is 11.0. The molecule has 1 unspecified atom stereocenters. The number of ether oxygens (including phenoxy) is 1. The number of rotatable bonds is 6. The van der Waals surface area contributed by atoms with Gasteiger partial charge in [-0.15, -0.1) is 0 Å². The first-order valence-electron chi connectivity index (χ1n) is 14.1. The largest absolute Gasteiger partial charge is 0.473 e. The fourth-order valence-electron chi connectivity index (χ4n) is 5.49. The van der Waals surface area contributed by atoms with Crippen LogP contribution in [0.25, 0.3) is 21.5 Å². The highest BCUT2D eigenvalue weighted by Gasteiger charge is 2.19. The molecule has 4 nitrogen and oxygen atoms in total. The van der Waals surface area contributed by atoms with Gasteiger partial charge in [-0.05, 0) is 76.9 Å². The summed E-state index contributed by atoms with van der Waals surface area (Å²) in [4.78, 5) is 2.29. The minimum Gasteiger partial charge on any atom is -0.473 e. The van der Waals surface area contributed by atoms with Gasteiger partial charge >= 0.3 is 0 Å². The van der Waals surface area contributed by atoms with Gasteiger partial charge in [0.05, 0.1) is 31.8 Å². The summed E-state index contributed by atoms with van der Waals surface area (Å²) in [5, 5.41) is 14.5. The Labute approximate surface area is 222 Å². The molecule has 6 rings (SSSR count). The fourth-order valence-corrected chi connectivity index (χ4v) is 5.49. The lowest BCUT2D eigenvalue weighted by Crippen LogP contribution is -2.43. The summed E-state index contributed by atoms with van der Waals surface area (Å²) in [5.41, 5.74) is 3.17. The number of aliphatic hydroxyl groups excluding tert-OH is 1. The molecule has 1 atom stereocenters. The molecule has 1 saturated heterocycles. The van der Waals surface area contributed by atoms with Gasteiger partial charge in [-0.3, -0.25) is 4.90 Å². The highest BCUT2D eigenvalue weighted by molar-refractivity contribution is 6.08. The van der Waals surface area contributed by atoms with Crippen molar-refractivity contribution in [1.29, 1.82) is 0 Å². The van der Waals surface area contributed by atoms with Crippen molar-refractivity contribution in [3.63, 3.8) is 0 Å². The molecule has 0 bridgehead atoms. The van der Waals surface area contributed by atoms with Crippen molar-refractivity contribution in [2.45, 2.75) is 64.4 Å². The molecule has 0 amide bonds. The second-order valence-corrected chi connectivity index (χ2v) is 10.1. The molecule has 2 aliphatic rings. The number of hydrogen-bond donors (Lipinski definition) is 1. The average Bonchev–Trinajstić information content (AvgIpc) is 3.54. The van der Waals surface area contributed by atoms with Gasteiger partial charge in [0.1, 0.15) is 0 Å². The molecule has 3 aromatic carbocycles. The van der Waals surface area contributed by atoms with Crippen LogP contribution in [0.2, 0.25) is 0 Å². The quantitative estimate of drug-likeness (QED) is 0.221. The summed E-state index contributed by atoms with van der Waals surface area (Å²) in [6, 6.07) is 21.6. The number of unbranched alkanes of at least 4 members (excludes halogenated alkanes) is 2. The normalized spacial score (nSPS) is 17.4. The zero-order valence-corrected chi connectivity index (χ0v) is 22.4. The van der Waals surface area contributed by atoms with Crippen LogP contribution in [0, 0.1) is 0 Å². The third-order valence-corrected chi connectivity index (χ3v) is 7.45. The summed E-state index contributed by atoms with van der Waals surface area (Å²) >= 11 is 0. The average molecular weight is 502 g/mol. The number of aliphatic hydroxyl groups is 1. The molecule has 1 fully saturated rings. The van der Waals surface area contributed by atoms with Gasteiger partial charge in [0.2, 0.25) is 0 Å². The second kappa shape index (κ2) is 14.9. The highest BCUT2D eigenvalue weighted by Crippen LogP contribution is 2.33. The SMILES string of the molecule is CCCCCC1CN(CCO)CCO1.c1ccc2c(c1)ccc1c3c(ccc12)CCCC3.c1ccoc1. The van der Waals surface area contributed by atoms with Crippen molar-refractivity contribution >= 4 is 21.5 Å². The Bertz CT molecular complexity index is 1170. The van der Waals surface area contributed by atoms with Gasteiger partial charge in [0.15, 0.2) is 0 Å². The first kappa shape index (κ1) is 27.4. The summed E-state index contributed by atoms with van der Waals surface area (Å²) in [7, 11) is 0. The van der Waals surface area contributed by atoms with E-state index in [1.165, 1.54) is 72.9 Å². The molecule has 0 saturated carbocycles. The van der Waals surface area contributed by atoms with Crippen LogP contribution >= 0.6 is 0 Å². The Balaban J connectivity index is 0.000000150. The zero-order valence-electron chi connectivity index (χ0n) is 22.4. The third-order valence-electron chi connectivity index (χ3n) is 7.45. The predicted molar refractivity (Wildman–Crippen MR) is 154 cm³/mol. The molecule has 1 aliphatic carbocycles. The lowest BCUT2D eigenvalue weighted by atomic mass is 9.86. The van der Waals surface area contributed by atoms with Crippen LogP contribution in [0.3, 0.4) is 0 Å². The maximum Gasteiger partial charge on any atom is 0.0902 e. The molecule has 1 N–H and O–H groups in total. The molecule has 2 heterocycles. The van der Waals surface area contributed by atoms with Crippen molar-refractivity contribution in [2.75, 3.05) is 32.8 Å². The number of nitrogens with zero attached hydrogens (tertiary/aromatic N) is 1. The Morgan fingerprint density at radius 3 is 2.46 bits per heavy atom. The monoisotopic (exact) mass is 501 g/mol. The number of morpholine rings is 1. The first-order chi connectivity index (χ1) is 18.3. The van der Waals surface area contributed by atoms with Crippen LogP contribution in [0.1, 0.15) is 56.6 Å². The standard InChI is InChI=1S/C18H16.C11H23NO2.C4H4O/c1-3-7-15-13(5-1)9-11-18-16-8-4-2-6-14(16)10-12-17(15)18;1-2-3-4-5-11-10-12(6-8-13)7-9-14-11;1-2-4-5-3-1/h1,3,5,7,9-12H,2,4,6,8H2;11,13H,2-10H2,1H3;1-4H. The Morgan fingerprint density at radius 2 is 1.68 bits per heavy atom. The lowest BCUT2D eigenvalue weighted by molar-refractivity contribution is -0.0365. The van der Waals surface area contributed by atoms with Crippen LogP contribution in [-0.2, 0) is 17.6 Å². The van der Waals surface area contributed by atoms with Gasteiger partial charge in [0, 0.05) is 19.6 Å². The topological polar surface area (TPSA) is 45.8 Å². The van der Waals surface area contributed by atoms with E-state index in [0.717, 1.165) is 26.2 Å². The molecule has 37 heavy (non-hydrogen) atoms. The van der Waals surface area contributed by atoms with E-state index in [1.807, 2.05) is 12.1 Å². The minimum absolute atomic E-state index is 0.266. The molecule has 1 aliphatic heterocycles. The van der Waals surface area contributed by atoms with Crippen LogP contribution in [0.5, 0.6) is 0 Å². The third kappa shape index (κ3) is 7.91. The summed E-state index contributed by atoms with van der Waals surface area (Å²) < 4.78 is 10.3. The molecule has 198 valence electrons. The Hall–Kier alpha value is -2.66. The molecule has 4 heteroatoms. The van der Waals surface area contributed by atoms with E-state index in [2.05, 4.69) is 64.8 Å². The van der Waals surface area contributed by atoms with Crippen molar-refractivity contribution in [2.24, 2.45) is 0 Å². The highest BCUT2D eigenvalue weighted by atomic mass is 16.5. The number of β-amino-alcohol motifs (C(OH)–C–C–N with tert-alkyl or cyclic N) is 1. The predicted octanol–water partition coefficient (Wildman–Crippen LogP) is 7.41. The van der Waals surface area contributed by atoms with Gasteiger partial charge in [-0.25, -0.2) is 0 Å². The van der Waals surface area contributed by atoms with Crippen molar-refractivity contribution < 1.29 is 14.3 Å². The summed E-state index contributed by atoms with van der Waals surface area (Å²) in [6.45, 7) is 6.10. The maximum absolute atomic E-state index is 8.84. The van der Waals surface area contributed by atoms with Gasteiger partial charge in [-0.1, -0.05) is 74.7 Å². The van der Waals surface area contributed by atoms with Crippen molar-refractivity contribution in [3.8, 4) is 0 Å². The number of benzene rings is 3. The molecule has 4 aromatic rings. The summed E-state index contributed by atoms with van der Waals surface area (Å²) in [5.74, 6) is 0. The van der Waals surface area contributed by atoms with Gasteiger partial charge < -0.3 is 14.3 Å². The van der Waals surface area contributed by atoms with Crippen molar-refractivity contribution in [3.05, 3.63) is 84.3 Å². The number of fused-ring (bicyclic) bond motifs is 5. The van der Waals surface area contributed by atoms with E-state index in [1.54, 1.807) is 23.7 Å². The fraction of sp³-hybridized carbons (Fsp3) is 0.455. The second-order valence-electron chi connectivity index (χ2n) is 10.1. The zero-order chi connectivity index (χ0) is 25.7. The van der Waals surface area contributed by atoms with Gasteiger partial charge in [0.25, 0.3) is 0 Å². The molecular formula is C33H43NO3. The molecular weight excluding hydrogens is 458 g/mol. The Morgan fingerprint density at radius 1 is 0.865 bits per heavy atom. The minimum atomic E-state index is 0.266. The van der Waals surface area contributed by atoms with E-state index >= 15 is 0 Å². The molecule has 1 aromatic heterocycles. The van der Waals surface area contributed by atoms with E-state index in [-0.39, 0.29) is 6.61 Å². The maximum atomic E-state index is 8.84. The van der Waals surface area contributed by atoms with E-state index in [4.69, 9.17) is 9.84 Å². The lowest BCUT2D eigenvalue weighted by Gasteiger charge is -2.32. The van der Waals surface area contributed by atoms with Crippen LogP contribution in [-0.4, -0.2) is 49.0 Å². The number of furan rings is 1. The van der Waals surface area contributed by atoms with Gasteiger partial charge in [-0.2, -0.15) is 0 Å².